The first-order valence-corrected chi connectivity index (χ1v) is 8.98. The lowest BCUT2D eigenvalue weighted by Gasteiger charge is -2.13. The molecule has 1 amide bonds. The molecule has 0 radical (unpaired) electrons. The van der Waals surface area contributed by atoms with Gasteiger partial charge in [0, 0.05) is 25.3 Å². The predicted octanol–water partition coefficient (Wildman–Crippen LogP) is 4.00. The van der Waals surface area contributed by atoms with Crippen molar-refractivity contribution in [2.24, 2.45) is 0 Å². The summed E-state index contributed by atoms with van der Waals surface area (Å²) < 4.78 is 16.2. The summed E-state index contributed by atoms with van der Waals surface area (Å²) in [4.78, 5) is 11.9. The van der Waals surface area contributed by atoms with Crippen molar-refractivity contribution in [1.29, 1.82) is 0 Å². The van der Waals surface area contributed by atoms with Crippen LogP contribution in [0.25, 0.3) is 6.08 Å². The second kappa shape index (κ2) is 11.0. The van der Waals surface area contributed by atoms with Crippen LogP contribution in [0.2, 0.25) is 0 Å². The SMILES string of the molecule is COc1cc(/C=C\C(=O)NCCCO[C@@H](C)c2ccccc2)cc(OC)c1. The second-order valence-corrected chi connectivity index (χ2v) is 6.05. The molecule has 0 bridgehead atoms. The van der Waals surface area contributed by atoms with Gasteiger partial charge in [0.1, 0.15) is 11.5 Å². The molecule has 2 aromatic rings. The van der Waals surface area contributed by atoms with Crippen LogP contribution in [0.3, 0.4) is 0 Å². The lowest BCUT2D eigenvalue weighted by atomic mass is 10.1. The molecular formula is C22H27NO4. The molecule has 0 spiro atoms. The number of rotatable bonds is 10. The molecule has 2 rings (SSSR count). The minimum absolute atomic E-state index is 0.0461. The third-order valence-corrected chi connectivity index (χ3v) is 4.06. The Morgan fingerprint density at radius 2 is 1.74 bits per heavy atom. The fraction of sp³-hybridized carbons (Fsp3) is 0.318. The summed E-state index contributed by atoms with van der Waals surface area (Å²) in [5, 5.41) is 2.86. The number of ether oxygens (including phenoxy) is 3. The van der Waals surface area contributed by atoms with Crippen LogP contribution in [-0.4, -0.2) is 33.3 Å². The molecule has 0 aliphatic rings. The molecular weight excluding hydrogens is 342 g/mol. The number of carbonyl (C=O) groups excluding carboxylic acids is 1. The van der Waals surface area contributed by atoms with Gasteiger partial charge in [-0.3, -0.25) is 4.79 Å². The molecule has 0 unspecified atom stereocenters. The molecule has 0 aliphatic carbocycles. The van der Waals surface area contributed by atoms with Gasteiger partial charge in [0.25, 0.3) is 0 Å². The number of hydrogen-bond acceptors (Lipinski definition) is 4. The third kappa shape index (κ3) is 7.15. The van der Waals surface area contributed by atoms with Crippen molar-refractivity contribution in [3.05, 3.63) is 65.7 Å². The molecule has 0 saturated heterocycles. The molecule has 2 aromatic carbocycles. The average Bonchev–Trinajstić information content (AvgIpc) is 2.72. The molecule has 5 nitrogen and oxygen atoms in total. The van der Waals surface area contributed by atoms with Crippen LogP contribution >= 0.6 is 0 Å². The van der Waals surface area contributed by atoms with E-state index in [4.69, 9.17) is 14.2 Å². The molecule has 0 heterocycles. The van der Waals surface area contributed by atoms with Crippen molar-refractivity contribution in [3.63, 3.8) is 0 Å². The highest BCUT2D eigenvalue weighted by molar-refractivity contribution is 5.91. The molecule has 0 aliphatic heterocycles. The number of nitrogens with one attached hydrogen (secondary N) is 1. The third-order valence-electron chi connectivity index (χ3n) is 4.06. The van der Waals surface area contributed by atoms with Gasteiger partial charge < -0.3 is 19.5 Å². The summed E-state index contributed by atoms with van der Waals surface area (Å²) >= 11 is 0. The van der Waals surface area contributed by atoms with Crippen LogP contribution in [0.5, 0.6) is 11.5 Å². The van der Waals surface area contributed by atoms with E-state index < -0.39 is 0 Å². The van der Waals surface area contributed by atoms with Gasteiger partial charge in [-0.15, -0.1) is 0 Å². The highest BCUT2D eigenvalue weighted by Crippen LogP contribution is 2.23. The highest BCUT2D eigenvalue weighted by Gasteiger charge is 2.04. The number of carbonyl (C=O) groups is 1. The summed E-state index contributed by atoms with van der Waals surface area (Å²) in [5.74, 6) is 1.21. The first-order chi connectivity index (χ1) is 13.1. The van der Waals surface area contributed by atoms with Crippen molar-refractivity contribution < 1.29 is 19.0 Å². The number of methoxy groups -OCH3 is 2. The van der Waals surface area contributed by atoms with E-state index in [9.17, 15) is 4.79 Å². The van der Waals surface area contributed by atoms with Gasteiger partial charge in [0.15, 0.2) is 0 Å². The normalized spacial score (nSPS) is 12.0. The van der Waals surface area contributed by atoms with Crippen LogP contribution in [0.15, 0.2) is 54.6 Å². The fourth-order valence-electron chi connectivity index (χ4n) is 2.52. The molecule has 0 saturated carbocycles. The zero-order chi connectivity index (χ0) is 19.5. The number of amides is 1. The first-order valence-electron chi connectivity index (χ1n) is 8.98. The minimum atomic E-state index is -0.145. The molecule has 1 atom stereocenters. The van der Waals surface area contributed by atoms with Crippen LogP contribution in [-0.2, 0) is 9.53 Å². The van der Waals surface area contributed by atoms with Gasteiger partial charge in [-0.25, -0.2) is 0 Å². The van der Waals surface area contributed by atoms with E-state index in [0.717, 1.165) is 17.5 Å². The Kier molecular flexibility index (Phi) is 8.39. The minimum Gasteiger partial charge on any atom is -0.497 e. The fourth-order valence-corrected chi connectivity index (χ4v) is 2.52. The maximum Gasteiger partial charge on any atom is 0.244 e. The zero-order valence-corrected chi connectivity index (χ0v) is 16.1. The maximum atomic E-state index is 11.9. The molecule has 144 valence electrons. The van der Waals surface area contributed by atoms with E-state index in [1.165, 1.54) is 6.08 Å². The van der Waals surface area contributed by atoms with Crippen LogP contribution in [0.1, 0.15) is 30.6 Å². The topological polar surface area (TPSA) is 56.8 Å². The summed E-state index contributed by atoms with van der Waals surface area (Å²) in [6.07, 6.45) is 4.03. The molecule has 1 N–H and O–H groups in total. The lowest BCUT2D eigenvalue weighted by Crippen LogP contribution is -2.23. The van der Waals surface area contributed by atoms with Gasteiger partial charge in [-0.05, 0) is 42.7 Å². The zero-order valence-electron chi connectivity index (χ0n) is 16.1. The van der Waals surface area contributed by atoms with Crippen molar-refractivity contribution in [2.45, 2.75) is 19.4 Å². The van der Waals surface area contributed by atoms with Crippen molar-refractivity contribution in [1.82, 2.24) is 5.32 Å². The number of hydrogen-bond donors (Lipinski definition) is 1. The Labute approximate surface area is 161 Å². The Hall–Kier alpha value is -2.79. The summed E-state index contributed by atoms with van der Waals surface area (Å²) in [5.41, 5.74) is 1.99. The van der Waals surface area contributed by atoms with Crippen LogP contribution in [0.4, 0.5) is 0 Å². The quantitative estimate of drug-likeness (QED) is 0.508. The van der Waals surface area contributed by atoms with Crippen LogP contribution in [0, 0.1) is 0 Å². The van der Waals surface area contributed by atoms with E-state index in [0.29, 0.717) is 24.7 Å². The van der Waals surface area contributed by atoms with Gasteiger partial charge in [-0.2, -0.15) is 0 Å². The van der Waals surface area contributed by atoms with Crippen molar-refractivity contribution >= 4 is 12.0 Å². The smallest absolute Gasteiger partial charge is 0.244 e. The van der Waals surface area contributed by atoms with E-state index in [2.05, 4.69) is 5.32 Å². The second-order valence-electron chi connectivity index (χ2n) is 6.05. The Bertz CT molecular complexity index is 721. The van der Waals surface area contributed by atoms with Crippen molar-refractivity contribution in [3.8, 4) is 11.5 Å². The van der Waals surface area contributed by atoms with E-state index in [-0.39, 0.29) is 12.0 Å². The first kappa shape index (κ1) is 20.5. The van der Waals surface area contributed by atoms with E-state index >= 15 is 0 Å². The van der Waals surface area contributed by atoms with Gasteiger partial charge in [-0.1, -0.05) is 30.3 Å². The summed E-state index contributed by atoms with van der Waals surface area (Å²) in [6.45, 7) is 3.18. The maximum absolute atomic E-state index is 11.9. The Morgan fingerprint density at radius 1 is 1.07 bits per heavy atom. The standard InChI is InChI=1S/C22H27NO4/c1-17(19-8-5-4-6-9-19)27-13-7-12-23-22(24)11-10-18-14-20(25-2)16-21(15-18)26-3/h4-6,8-11,14-17H,7,12-13H2,1-3H3,(H,23,24)/b11-10-/t17-/m0/s1. The summed E-state index contributed by atoms with van der Waals surface area (Å²) in [7, 11) is 3.19. The average molecular weight is 369 g/mol. The number of benzene rings is 2. The van der Waals surface area contributed by atoms with Gasteiger partial charge in [0.2, 0.25) is 5.91 Å². The lowest BCUT2D eigenvalue weighted by molar-refractivity contribution is -0.116. The predicted molar refractivity (Wildman–Crippen MR) is 107 cm³/mol. The van der Waals surface area contributed by atoms with E-state index in [1.54, 1.807) is 26.4 Å². The van der Waals surface area contributed by atoms with Gasteiger partial charge in [0.05, 0.1) is 20.3 Å². The molecule has 0 fully saturated rings. The molecule has 27 heavy (non-hydrogen) atoms. The Balaban J connectivity index is 1.71. The van der Waals surface area contributed by atoms with Gasteiger partial charge >= 0.3 is 0 Å². The highest BCUT2D eigenvalue weighted by atomic mass is 16.5. The Morgan fingerprint density at radius 3 is 2.37 bits per heavy atom. The monoisotopic (exact) mass is 369 g/mol. The molecule has 5 heteroatoms. The summed E-state index contributed by atoms with van der Waals surface area (Å²) in [6, 6.07) is 15.5. The van der Waals surface area contributed by atoms with Crippen molar-refractivity contribution in [2.75, 3.05) is 27.4 Å². The van der Waals surface area contributed by atoms with Crippen LogP contribution < -0.4 is 14.8 Å². The van der Waals surface area contributed by atoms with E-state index in [1.807, 2.05) is 49.4 Å². The largest absolute Gasteiger partial charge is 0.497 e. The molecule has 0 aromatic heterocycles.